The van der Waals surface area contributed by atoms with Crippen molar-refractivity contribution in [1.82, 2.24) is 0 Å². The van der Waals surface area contributed by atoms with E-state index in [0.29, 0.717) is 0 Å². The van der Waals surface area contributed by atoms with E-state index in [2.05, 4.69) is 18.4 Å². The van der Waals surface area contributed by atoms with Crippen molar-refractivity contribution in [2.24, 2.45) is 0 Å². The fraction of sp³-hybridized carbons (Fsp3) is 0. The minimum atomic E-state index is 0. The molecule has 0 aromatic rings. The number of hydrogen-bond donors (Lipinski definition) is 1. The van der Waals surface area contributed by atoms with E-state index in [4.69, 9.17) is 9.92 Å². The summed E-state index contributed by atoms with van der Waals surface area (Å²) in [6, 6.07) is 0. The van der Waals surface area contributed by atoms with Crippen molar-refractivity contribution in [3.63, 3.8) is 0 Å². The average Bonchev–Trinajstić information content (AvgIpc) is 1.50. The molecule has 1 N–H and O–H groups in total. The van der Waals surface area contributed by atoms with Crippen molar-refractivity contribution in [1.29, 1.82) is 5.26 Å². The summed E-state index contributed by atoms with van der Waals surface area (Å²) in [4.78, 5) is 0. The molecule has 0 atom stereocenters. The van der Waals surface area contributed by atoms with Crippen molar-refractivity contribution in [2.75, 3.05) is 0 Å². The fourth-order valence-corrected chi connectivity index (χ4v) is 0. The van der Waals surface area contributed by atoms with Crippen LogP contribution in [0.15, 0.2) is 0 Å². The maximum absolute atomic E-state index is 6.50. The molecule has 0 aliphatic carbocycles. The van der Waals surface area contributed by atoms with Crippen molar-refractivity contribution in [3.05, 3.63) is 0 Å². The van der Waals surface area contributed by atoms with E-state index in [0.717, 1.165) is 0 Å². The van der Waals surface area contributed by atoms with Gasteiger partial charge in [-0.25, -0.2) is 5.26 Å². The van der Waals surface area contributed by atoms with E-state index in [1.165, 1.54) is 0 Å². The molecule has 26 valence electrons. The quantitative estimate of drug-likeness (QED) is 0.342. The van der Waals surface area contributed by atoms with Gasteiger partial charge >= 0.3 is 29.6 Å². The van der Waals surface area contributed by atoms with Crippen molar-refractivity contribution in [2.45, 2.75) is 0 Å². The van der Waals surface area contributed by atoms with Gasteiger partial charge in [0.25, 0.3) is 0 Å². The van der Waals surface area contributed by atoms with Gasteiger partial charge < -0.3 is 1.43 Å². The minimum Gasteiger partial charge on any atom is -1.00 e. The Morgan fingerprint density at radius 2 is 1.60 bits per heavy atom. The van der Waals surface area contributed by atoms with Crippen LogP contribution in [0.25, 0.3) is 0 Å². The van der Waals surface area contributed by atoms with E-state index >= 15 is 0 Å². The Hall–Kier alpha value is 0.740. The molecule has 0 amide bonds. The first-order valence-corrected chi connectivity index (χ1v) is 0.765. The van der Waals surface area contributed by atoms with Gasteiger partial charge in [0.1, 0.15) is 0 Å². The molecule has 0 aliphatic heterocycles. The molecule has 2 nitrogen and oxygen atoms in total. The van der Waals surface area contributed by atoms with Crippen LogP contribution < -0.4 is 29.6 Å². The zero-order chi connectivity index (χ0) is 4.00. The van der Waals surface area contributed by atoms with Crippen LogP contribution in [0.2, 0.25) is 0 Å². The predicted octanol–water partition coefficient (Wildman–Crippen LogP) is -2.61. The second-order valence-electron chi connectivity index (χ2n) is 0. The number of rotatable bonds is 0. The zero-order valence-electron chi connectivity index (χ0n) is 3.85. The number of hydrogen-bond acceptors (Lipinski definition) is 2. The summed E-state index contributed by atoms with van der Waals surface area (Å²) in [6.45, 7) is 3.50. The third kappa shape index (κ3) is 65.0. The molecule has 0 aromatic carbocycles. The Morgan fingerprint density at radius 3 is 1.60 bits per heavy atom. The summed E-state index contributed by atoms with van der Waals surface area (Å²) in [5.41, 5.74) is 0. The van der Waals surface area contributed by atoms with Gasteiger partial charge in [0.2, 0.25) is 0 Å². The largest absolute Gasteiger partial charge is 1.00 e. The molecule has 0 fully saturated rings. The van der Waals surface area contributed by atoms with Crippen LogP contribution in [-0.2, 0) is 0 Å². The first-order valence-electron chi connectivity index (χ1n) is 0.427. The van der Waals surface area contributed by atoms with Gasteiger partial charge in [0.15, 0.2) is 0 Å². The first kappa shape index (κ1) is 17.2. The third-order valence-corrected chi connectivity index (χ3v) is 0. The maximum Gasteiger partial charge on any atom is 1.00 e. The monoisotopic (exact) mass is 103 g/mol. The van der Waals surface area contributed by atoms with Crippen LogP contribution in [-0.4, -0.2) is 4.66 Å². The molecule has 4 heteroatoms. The van der Waals surface area contributed by atoms with Gasteiger partial charge in [-0.3, -0.25) is 4.66 Å². The molecule has 0 saturated heterocycles. The van der Waals surface area contributed by atoms with Crippen LogP contribution in [0.4, 0.5) is 0 Å². The van der Waals surface area contributed by atoms with Crippen molar-refractivity contribution >= 4 is 11.9 Å². The van der Waals surface area contributed by atoms with Gasteiger partial charge in [-0.1, -0.05) is 0 Å². The summed E-state index contributed by atoms with van der Waals surface area (Å²) < 4.78 is 6.47. The molecule has 0 spiro atoms. The Morgan fingerprint density at radius 1 is 1.60 bits per heavy atom. The number of halogens is 1. The molecule has 0 aliphatic rings. The van der Waals surface area contributed by atoms with E-state index < -0.39 is 0 Å². The molecule has 0 saturated carbocycles. The Bertz CT molecular complexity index is 20.3. The minimum absolute atomic E-state index is 0. The van der Waals surface area contributed by atoms with Crippen LogP contribution in [0.5, 0.6) is 0 Å². The molecule has 0 aromatic heterocycles. The van der Waals surface area contributed by atoms with E-state index in [1.54, 1.807) is 0 Å². The molecule has 0 heterocycles. The summed E-state index contributed by atoms with van der Waals surface area (Å²) in [6.07, 6.45) is 0. The zero-order valence-corrected chi connectivity index (χ0v) is 5.61. The van der Waals surface area contributed by atoms with Crippen molar-refractivity contribution in [3.8, 4) is 6.57 Å². The van der Waals surface area contributed by atoms with E-state index in [-0.39, 0.29) is 31.0 Å². The van der Waals surface area contributed by atoms with E-state index in [9.17, 15) is 0 Å². The second kappa shape index (κ2) is 121. The van der Waals surface area contributed by atoms with Crippen LogP contribution >= 0.6 is 11.9 Å². The molecule has 0 unspecified atom stereocenters. The van der Waals surface area contributed by atoms with Crippen molar-refractivity contribution < 1.29 is 35.6 Å². The van der Waals surface area contributed by atoms with Gasteiger partial charge in [-0.05, 0) is 0 Å². The first-order chi connectivity index (χ1) is 2.00. The Balaban J connectivity index is -0.00000000500. The van der Waals surface area contributed by atoms with Crippen LogP contribution in [0.1, 0.15) is 1.43 Å². The summed E-state index contributed by atoms with van der Waals surface area (Å²) >= 11 is 3.64. The topological polar surface area (TPSA) is 44.0 Å². The SMILES string of the molecule is C#N.OCl.[H-].[Na+]. The summed E-state index contributed by atoms with van der Waals surface area (Å²) in [5, 5.41) is 6.50. The van der Waals surface area contributed by atoms with Gasteiger partial charge in [0, 0.05) is 6.57 Å². The molecule has 5 heavy (non-hydrogen) atoms. The molecular formula is CH3ClNNaO. The molecule has 0 bridgehead atoms. The normalized spacial score (nSPS) is 1.60. The van der Waals surface area contributed by atoms with E-state index in [1.807, 2.05) is 0 Å². The van der Waals surface area contributed by atoms with Gasteiger partial charge in [-0.15, -0.1) is 0 Å². The molecule has 0 radical (unpaired) electrons. The standard InChI is InChI=1S/CHN.ClHO.Na.H/c2*1-2;;/h1H;2H;;/q;;+1;-1. The molecular weight excluding hydrogens is 100 g/mol. The summed E-state index contributed by atoms with van der Waals surface area (Å²) in [5.74, 6) is 0. The smallest absolute Gasteiger partial charge is 1.00 e. The van der Waals surface area contributed by atoms with Crippen LogP contribution in [0.3, 0.4) is 0 Å². The maximum atomic E-state index is 6.50. The average molecular weight is 103 g/mol. The Kier molecular flexibility index (Phi) is 416. The second-order valence-corrected chi connectivity index (χ2v) is 0. The summed E-state index contributed by atoms with van der Waals surface area (Å²) in [7, 11) is 0. The van der Waals surface area contributed by atoms with Gasteiger partial charge in [0.05, 0.1) is 11.9 Å². The third-order valence-electron chi connectivity index (χ3n) is 0. The van der Waals surface area contributed by atoms with Gasteiger partial charge in [-0.2, -0.15) is 0 Å². The Labute approximate surface area is 59.3 Å². The number of nitrogens with zero attached hydrogens (tertiary/aromatic N) is 1. The number of nitriles is 1. The fourth-order valence-electron chi connectivity index (χ4n) is 0. The van der Waals surface area contributed by atoms with Crippen LogP contribution in [0, 0.1) is 11.8 Å². The predicted molar refractivity (Wildman–Crippen MR) is 15.9 cm³/mol. The molecule has 0 rings (SSSR count).